The third-order valence-electron chi connectivity index (χ3n) is 6.02. The minimum absolute atomic E-state index is 0.218. The Hall–Kier alpha value is -4.31. The molecule has 0 radical (unpaired) electrons. The molecule has 202 valence electrons. The van der Waals surface area contributed by atoms with E-state index < -0.39 is 23.4 Å². The van der Waals surface area contributed by atoms with E-state index in [1.807, 2.05) is 37.3 Å². The summed E-state index contributed by atoms with van der Waals surface area (Å²) in [6.45, 7) is 4.00. The van der Waals surface area contributed by atoms with Gasteiger partial charge < -0.3 is 14.8 Å². The maximum atomic E-state index is 13.1. The van der Waals surface area contributed by atoms with Crippen LogP contribution in [0, 0.1) is 6.92 Å². The monoisotopic (exact) mass is 547 g/mol. The van der Waals surface area contributed by atoms with E-state index in [9.17, 15) is 19.2 Å². The molecule has 0 unspecified atom stereocenters. The number of aryl methyl sites for hydroxylation is 1. The molecule has 9 nitrogen and oxygen atoms in total. The SMILES string of the molecule is CCCCOC(=O)c1ccc(NC(=O)Cn2cnc3sc(C(=O)OCCc4ccccc4)c(C)c3c2=O)cc1. The smallest absolute Gasteiger partial charge is 0.348 e. The quantitative estimate of drug-likeness (QED) is 0.213. The Kier molecular flexibility index (Phi) is 9.22. The fraction of sp³-hybridized carbons (Fsp3) is 0.276. The number of fused-ring (bicyclic) bond motifs is 1. The minimum Gasteiger partial charge on any atom is -0.462 e. The summed E-state index contributed by atoms with van der Waals surface area (Å²) in [5, 5.41) is 3.00. The molecule has 2 aromatic heterocycles. The highest BCUT2D eigenvalue weighted by molar-refractivity contribution is 7.20. The summed E-state index contributed by atoms with van der Waals surface area (Å²) in [6, 6.07) is 16.0. The van der Waals surface area contributed by atoms with Crippen LogP contribution in [0.15, 0.2) is 65.7 Å². The van der Waals surface area contributed by atoms with Crippen molar-refractivity contribution in [3.8, 4) is 0 Å². The highest BCUT2D eigenvalue weighted by atomic mass is 32.1. The highest BCUT2D eigenvalue weighted by Crippen LogP contribution is 2.27. The van der Waals surface area contributed by atoms with E-state index in [4.69, 9.17) is 9.47 Å². The number of anilines is 1. The van der Waals surface area contributed by atoms with E-state index in [0.717, 1.165) is 29.7 Å². The molecule has 0 fully saturated rings. The van der Waals surface area contributed by atoms with Crippen molar-refractivity contribution in [1.82, 2.24) is 9.55 Å². The van der Waals surface area contributed by atoms with Crippen LogP contribution in [0.2, 0.25) is 0 Å². The third-order valence-corrected chi connectivity index (χ3v) is 7.20. The van der Waals surface area contributed by atoms with Gasteiger partial charge in [-0.3, -0.25) is 14.2 Å². The number of ether oxygens (including phenoxy) is 2. The van der Waals surface area contributed by atoms with Crippen LogP contribution >= 0.6 is 11.3 Å². The summed E-state index contributed by atoms with van der Waals surface area (Å²) in [4.78, 5) is 55.5. The van der Waals surface area contributed by atoms with Gasteiger partial charge in [-0.15, -0.1) is 11.3 Å². The zero-order valence-electron chi connectivity index (χ0n) is 21.8. The van der Waals surface area contributed by atoms with E-state index >= 15 is 0 Å². The first-order chi connectivity index (χ1) is 18.9. The van der Waals surface area contributed by atoms with Gasteiger partial charge >= 0.3 is 11.9 Å². The first-order valence-electron chi connectivity index (χ1n) is 12.6. The van der Waals surface area contributed by atoms with Crippen LogP contribution in [0.25, 0.3) is 10.2 Å². The van der Waals surface area contributed by atoms with Gasteiger partial charge in [-0.2, -0.15) is 0 Å². The lowest BCUT2D eigenvalue weighted by Crippen LogP contribution is -2.28. The van der Waals surface area contributed by atoms with Crippen LogP contribution in [0.4, 0.5) is 5.69 Å². The molecule has 0 aliphatic heterocycles. The lowest BCUT2D eigenvalue weighted by molar-refractivity contribution is -0.116. The van der Waals surface area contributed by atoms with Crippen molar-refractivity contribution in [3.63, 3.8) is 0 Å². The maximum Gasteiger partial charge on any atom is 0.348 e. The van der Waals surface area contributed by atoms with Gasteiger partial charge in [-0.1, -0.05) is 43.7 Å². The van der Waals surface area contributed by atoms with E-state index in [1.165, 1.54) is 10.9 Å². The second-order valence-corrected chi connectivity index (χ2v) is 9.90. The van der Waals surface area contributed by atoms with Gasteiger partial charge in [0, 0.05) is 12.1 Å². The van der Waals surface area contributed by atoms with Crippen molar-refractivity contribution in [3.05, 3.63) is 92.8 Å². The van der Waals surface area contributed by atoms with E-state index in [2.05, 4.69) is 10.3 Å². The molecule has 39 heavy (non-hydrogen) atoms. The summed E-state index contributed by atoms with van der Waals surface area (Å²) < 4.78 is 11.8. The number of aromatic nitrogens is 2. The van der Waals surface area contributed by atoms with Crippen LogP contribution in [0.1, 0.15) is 50.9 Å². The van der Waals surface area contributed by atoms with Crippen molar-refractivity contribution in [1.29, 1.82) is 0 Å². The Labute approximate surface area is 229 Å². The van der Waals surface area contributed by atoms with Gasteiger partial charge in [-0.25, -0.2) is 14.6 Å². The van der Waals surface area contributed by atoms with Gasteiger partial charge in [0.2, 0.25) is 5.91 Å². The Morgan fingerprint density at radius 3 is 2.41 bits per heavy atom. The number of esters is 2. The lowest BCUT2D eigenvalue weighted by atomic mass is 10.2. The van der Waals surface area contributed by atoms with E-state index in [-0.39, 0.29) is 18.5 Å². The average Bonchev–Trinajstić information content (AvgIpc) is 3.28. The highest BCUT2D eigenvalue weighted by Gasteiger charge is 2.21. The molecule has 2 heterocycles. The molecule has 0 atom stereocenters. The molecule has 2 aromatic carbocycles. The molecule has 0 saturated carbocycles. The number of nitrogens with zero attached hydrogens (tertiary/aromatic N) is 2. The maximum absolute atomic E-state index is 13.1. The van der Waals surface area contributed by atoms with Crippen LogP contribution in [-0.2, 0) is 27.2 Å². The topological polar surface area (TPSA) is 117 Å². The standard InChI is InChI=1S/C29H29N3O6S/c1-3-4-15-37-28(35)21-10-12-22(13-11-21)31-23(33)17-32-18-30-26-24(27(32)34)19(2)25(39-26)29(36)38-16-14-20-8-6-5-7-9-20/h5-13,18H,3-4,14-17H2,1-2H3,(H,31,33). The number of thiophene rings is 1. The number of hydrogen-bond donors (Lipinski definition) is 1. The Morgan fingerprint density at radius 1 is 0.974 bits per heavy atom. The predicted molar refractivity (Wildman–Crippen MR) is 149 cm³/mol. The van der Waals surface area contributed by atoms with Crippen molar-refractivity contribution in [2.45, 2.75) is 39.7 Å². The minimum atomic E-state index is -0.507. The number of carbonyl (C=O) groups is 3. The van der Waals surface area contributed by atoms with Crippen molar-refractivity contribution in [2.24, 2.45) is 0 Å². The summed E-state index contributed by atoms with van der Waals surface area (Å²) in [5.74, 6) is -1.37. The van der Waals surface area contributed by atoms with E-state index in [1.54, 1.807) is 31.2 Å². The third kappa shape index (κ3) is 6.97. The number of carbonyl (C=O) groups excluding carboxylic acids is 3. The zero-order valence-corrected chi connectivity index (χ0v) is 22.6. The van der Waals surface area contributed by atoms with Crippen LogP contribution in [0.5, 0.6) is 0 Å². The first-order valence-corrected chi connectivity index (χ1v) is 13.5. The first kappa shape index (κ1) is 27.7. The fourth-order valence-electron chi connectivity index (χ4n) is 3.88. The summed E-state index contributed by atoms with van der Waals surface area (Å²) in [6.07, 6.45) is 3.60. The number of unbranched alkanes of at least 4 members (excludes halogenated alkanes) is 1. The summed E-state index contributed by atoms with van der Waals surface area (Å²) in [5.41, 5.74) is 1.98. The molecule has 1 amide bonds. The van der Waals surface area contributed by atoms with E-state index in [0.29, 0.717) is 39.5 Å². The second-order valence-electron chi connectivity index (χ2n) is 8.90. The van der Waals surface area contributed by atoms with Gasteiger partial charge in [0.25, 0.3) is 5.56 Å². The van der Waals surface area contributed by atoms with Crippen molar-refractivity contribution >= 4 is 45.1 Å². The average molecular weight is 548 g/mol. The van der Waals surface area contributed by atoms with Gasteiger partial charge in [0.15, 0.2) is 0 Å². The van der Waals surface area contributed by atoms with Crippen LogP contribution in [-0.4, -0.2) is 40.6 Å². The van der Waals surface area contributed by atoms with Gasteiger partial charge in [0.05, 0.1) is 30.5 Å². The Balaban J connectivity index is 1.39. The number of rotatable bonds is 11. The zero-order chi connectivity index (χ0) is 27.8. The largest absolute Gasteiger partial charge is 0.462 e. The van der Waals surface area contributed by atoms with Crippen molar-refractivity contribution < 1.29 is 23.9 Å². The number of hydrogen-bond acceptors (Lipinski definition) is 8. The molecular formula is C29H29N3O6S. The molecular weight excluding hydrogens is 518 g/mol. The normalized spacial score (nSPS) is 10.8. The Morgan fingerprint density at radius 2 is 1.69 bits per heavy atom. The second kappa shape index (κ2) is 13.0. The predicted octanol–water partition coefficient (Wildman–Crippen LogP) is 4.76. The molecule has 0 spiro atoms. The lowest BCUT2D eigenvalue weighted by Gasteiger charge is -2.08. The van der Waals surface area contributed by atoms with Crippen LogP contribution < -0.4 is 10.9 Å². The Bertz CT molecular complexity index is 1530. The van der Waals surface area contributed by atoms with Gasteiger partial charge in [0.1, 0.15) is 16.3 Å². The molecule has 0 bridgehead atoms. The molecule has 4 rings (SSSR count). The molecule has 0 aliphatic rings. The molecule has 0 aliphatic carbocycles. The number of benzene rings is 2. The van der Waals surface area contributed by atoms with Crippen LogP contribution in [0.3, 0.4) is 0 Å². The number of nitrogens with one attached hydrogen (secondary N) is 1. The molecule has 10 heteroatoms. The summed E-state index contributed by atoms with van der Waals surface area (Å²) >= 11 is 1.09. The number of amides is 1. The molecule has 1 N–H and O–H groups in total. The summed E-state index contributed by atoms with van der Waals surface area (Å²) in [7, 11) is 0. The van der Waals surface area contributed by atoms with Gasteiger partial charge in [-0.05, 0) is 48.7 Å². The van der Waals surface area contributed by atoms with Crippen molar-refractivity contribution in [2.75, 3.05) is 18.5 Å². The molecule has 0 saturated heterocycles. The fourth-order valence-corrected chi connectivity index (χ4v) is 4.91. The molecule has 4 aromatic rings.